The van der Waals surface area contributed by atoms with Crippen LogP contribution in [0.25, 0.3) is 0 Å². The van der Waals surface area contributed by atoms with Gasteiger partial charge in [0.25, 0.3) is 5.91 Å². The minimum absolute atomic E-state index is 0.0116. The van der Waals surface area contributed by atoms with E-state index in [1.807, 2.05) is 6.92 Å². The summed E-state index contributed by atoms with van der Waals surface area (Å²) in [5, 5.41) is 3.21. The number of rotatable bonds is 6. The second kappa shape index (κ2) is 8.45. The Labute approximate surface area is 155 Å². The molecular formula is C19H19ClF3NO2. The fraction of sp³-hybridized carbons (Fsp3) is 0.316. The molecule has 1 N–H and O–H groups in total. The standard InChI is InChI=1S/C19H19ClF3NO2/c1-3-17(26-15-7-8-16(20)12(2)9-15)18(25)24-11-13-5-4-6-14(10-13)19(21,22)23/h4-10,17H,3,11H2,1-2H3,(H,24,25). The molecule has 0 saturated carbocycles. The highest BCUT2D eigenvalue weighted by atomic mass is 35.5. The Morgan fingerprint density at radius 1 is 1.23 bits per heavy atom. The summed E-state index contributed by atoms with van der Waals surface area (Å²) < 4.78 is 43.9. The van der Waals surface area contributed by atoms with Crippen LogP contribution < -0.4 is 10.1 Å². The van der Waals surface area contributed by atoms with Crippen LogP contribution in [0.4, 0.5) is 13.2 Å². The molecule has 0 aliphatic heterocycles. The molecule has 0 spiro atoms. The van der Waals surface area contributed by atoms with Gasteiger partial charge in [-0.25, -0.2) is 0 Å². The van der Waals surface area contributed by atoms with Crippen molar-refractivity contribution in [2.75, 3.05) is 0 Å². The van der Waals surface area contributed by atoms with Crippen molar-refractivity contribution in [1.82, 2.24) is 5.32 Å². The van der Waals surface area contributed by atoms with Crippen LogP contribution in [0.15, 0.2) is 42.5 Å². The van der Waals surface area contributed by atoms with Crippen LogP contribution in [-0.2, 0) is 17.5 Å². The number of benzene rings is 2. The van der Waals surface area contributed by atoms with Crippen LogP contribution in [0.2, 0.25) is 5.02 Å². The van der Waals surface area contributed by atoms with Gasteiger partial charge in [0.2, 0.25) is 0 Å². The first-order valence-electron chi connectivity index (χ1n) is 8.07. The molecule has 140 valence electrons. The van der Waals surface area contributed by atoms with Gasteiger partial charge in [-0.1, -0.05) is 30.7 Å². The fourth-order valence-corrected chi connectivity index (χ4v) is 2.46. The number of amides is 1. The maximum atomic E-state index is 12.7. The van der Waals surface area contributed by atoms with Gasteiger partial charge in [-0.15, -0.1) is 0 Å². The molecule has 0 bridgehead atoms. The van der Waals surface area contributed by atoms with Crippen LogP contribution in [-0.4, -0.2) is 12.0 Å². The van der Waals surface area contributed by atoms with Crippen LogP contribution in [0.5, 0.6) is 5.75 Å². The molecule has 2 aromatic carbocycles. The topological polar surface area (TPSA) is 38.3 Å². The van der Waals surface area contributed by atoms with E-state index >= 15 is 0 Å². The molecule has 1 amide bonds. The van der Waals surface area contributed by atoms with E-state index in [0.29, 0.717) is 22.8 Å². The van der Waals surface area contributed by atoms with Gasteiger partial charge in [-0.2, -0.15) is 13.2 Å². The number of aryl methyl sites for hydroxylation is 1. The molecule has 0 aliphatic carbocycles. The average molecular weight is 386 g/mol. The molecule has 0 aromatic heterocycles. The number of hydrogen-bond donors (Lipinski definition) is 1. The highest BCUT2D eigenvalue weighted by Gasteiger charge is 2.30. The van der Waals surface area contributed by atoms with Crippen molar-refractivity contribution in [2.24, 2.45) is 0 Å². The molecule has 1 unspecified atom stereocenters. The van der Waals surface area contributed by atoms with Gasteiger partial charge in [0, 0.05) is 11.6 Å². The van der Waals surface area contributed by atoms with Gasteiger partial charge in [0.1, 0.15) is 5.75 Å². The van der Waals surface area contributed by atoms with Crippen molar-refractivity contribution in [3.05, 3.63) is 64.2 Å². The van der Waals surface area contributed by atoms with Gasteiger partial charge >= 0.3 is 6.18 Å². The molecule has 0 fully saturated rings. The summed E-state index contributed by atoms with van der Waals surface area (Å²) in [4.78, 5) is 12.3. The molecule has 2 rings (SSSR count). The highest BCUT2D eigenvalue weighted by molar-refractivity contribution is 6.31. The Bertz CT molecular complexity index is 778. The number of nitrogens with one attached hydrogen (secondary N) is 1. The Kier molecular flexibility index (Phi) is 6.53. The first kappa shape index (κ1) is 20.1. The number of carbonyl (C=O) groups excluding carboxylic acids is 1. The molecule has 3 nitrogen and oxygen atoms in total. The average Bonchev–Trinajstić information content (AvgIpc) is 2.60. The van der Waals surface area contributed by atoms with E-state index in [1.54, 1.807) is 25.1 Å². The van der Waals surface area contributed by atoms with Gasteiger partial charge in [-0.3, -0.25) is 4.79 Å². The Balaban J connectivity index is 2.00. The SMILES string of the molecule is CCC(Oc1ccc(Cl)c(C)c1)C(=O)NCc1cccc(C(F)(F)F)c1. The Morgan fingerprint density at radius 3 is 2.58 bits per heavy atom. The van der Waals surface area contributed by atoms with Gasteiger partial charge < -0.3 is 10.1 Å². The summed E-state index contributed by atoms with van der Waals surface area (Å²) in [7, 11) is 0. The van der Waals surface area contributed by atoms with Gasteiger partial charge in [0.15, 0.2) is 6.10 Å². The van der Waals surface area contributed by atoms with E-state index in [-0.39, 0.29) is 6.54 Å². The van der Waals surface area contributed by atoms with E-state index in [0.717, 1.165) is 17.7 Å². The zero-order valence-corrected chi connectivity index (χ0v) is 15.1. The van der Waals surface area contributed by atoms with Crippen molar-refractivity contribution in [1.29, 1.82) is 0 Å². The number of hydrogen-bond acceptors (Lipinski definition) is 2. The van der Waals surface area contributed by atoms with E-state index in [9.17, 15) is 18.0 Å². The summed E-state index contributed by atoms with van der Waals surface area (Å²) >= 11 is 5.96. The third-order valence-electron chi connectivity index (χ3n) is 3.79. The third kappa shape index (κ3) is 5.39. The van der Waals surface area contributed by atoms with Gasteiger partial charge in [0.05, 0.1) is 5.56 Å². The molecule has 1 atom stereocenters. The molecular weight excluding hydrogens is 367 g/mol. The monoisotopic (exact) mass is 385 g/mol. The van der Waals surface area contributed by atoms with Crippen molar-refractivity contribution < 1.29 is 22.7 Å². The lowest BCUT2D eigenvalue weighted by Crippen LogP contribution is -2.37. The van der Waals surface area contributed by atoms with Crippen molar-refractivity contribution in [2.45, 2.75) is 39.1 Å². The lowest BCUT2D eigenvalue weighted by Gasteiger charge is -2.18. The minimum Gasteiger partial charge on any atom is -0.481 e. The summed E-state index contributed by atoms with van der Waals surface area (Å²) in [5.74, 6) is 0.116. The summed E-state index contributed by atoms with van der Waals surface area (Å²) in [6, 6.07) is 9.92. The first-order valence-corrected chi connectivity index (χ1v) is 8.45. The number of carbonyl (C=O) groups is 1. The molecule has 0 heterocycles. The Hall–Kier alpha value is -2.21. The molecule has 2 aromatic rings. The number of halogens is 4. The number of ether oxygens (including phenoxy) is 1. The largest absolute Gasteiger partial charge is 0.481 e. The summed E-state index contributed by atoms with van der Waals surface area (Å²) in [6.07, 6.45) is -4.75. The number of alkyl halides is 3. The van der Waals surface area contributed by atoms with Crippen molar-refractivity contribution >= 4 is 17.5 Å². The van der Waals surface area contributed by atoms with Crippen LogP contribution >= 0.6 is 11.6 Å². The third-order valence-corrected chi connectivity index (χ3v) is 4.22. The molecule has 0 radical (unpaired) electrons. The normalized spacial score (nSPS) is 12.5. The van der Waals surface area contributed by atoms with Crippen LogP contribution in [0.3, 0.4) is 0 Å². The maximum Gasteiger partial charge on any atom is 0.416 e. The predicted molar refractivity (Wildman–Crippen MR) is 94.2 cm³/mol. The van der Waals surface area contributed by atoms with E-state index in [2.05, 4.69) is 5.32 Å². The minimum atomic E-state index is -4.42. The fourth-order valence-electron chi connectivity index (χ4n) is 2.34. The zero-order valence-electron chi connectivity index (χ0n) is 14.4. The molecule has 26 heavy (non-hydrogen) atoms. The van der Waals surface area contributed by atoms with E-state index in [1.165, 1.54) is 12.1 Å². The van der Waals surface area contributed by atoms with Crippen LogP contribution in [0, 0.1) is 6.92 Å². The maximum absolute atomic E-state index is 12.7. The molecule has 0 aliphatic rings. The predicted octanol–water partition coefficient (Wildman–Crippen LogP) is 5.14. The molecule has 0 saturated heterocycles. The first-order chi connectivity index (χ1) is 12.2. The Morgan fingerprint density at radius 2 is 1.96 bits per heavy atom. The summed E-state index contributed by atoms with van der Waals surface area (Å²) in [5.41, 5.74) is 0.443. The second-order valence-corrected chi connectivity index (χ2v) is 6.25. The van der Waals surface area contributed by atoms with E-state index < -0.39 is 23.8 Å². The lowest BCUT2D eigenvalue weighted by atomic mass is 10.1. The highest BCUT2D eigenvalue weighted by Crippen LogP contribution is 2.29. The quantitative estimate of drug-likeness (QED) is 0.747. The second-order valence-electron chi connectivity index (χ2n) is 5.84. The summed E-state index contributed by atoms with van der Waals surface area (Å²) in [6.45, 7) is 3.60. The van der Waals surface area contributed by atoms with E-state index in [4.69, 9.17) is 16.3 Å². The van der Waals surface area contributed by atoms with Gasteiger partial charge in [-0.05, 0) is 54.8 Å². The van der Waals surface area contributed by atoms with Crippen molar-refractivity contribution in [3.63, 3.8) is 0 Å². The van der Waals surface area contributed by atoms with Crippen molar-refractivity contribution in [3.8, 4) is 5.75 Å². The lowest BCUT2D eigenvalue weighted by molar-refractivity contribution is -0.137. The zero-order chi connectivity index (χ0) is 19.3. The smallest absolute Gasteiger partial charge is 0.416 e. The van der Waals surface area contributed by atoms with Crippen LogP contribution in [0.1, 0.15) is 30.0 Å². The molecule has 7 heteroatoms.